The largest absolute Gasteiger partial charge is 0.368 e. The van der Waals surface area contributed by atoms with E-state index in [-0.39, 0.29) is 5.43 Å². The molecule has 4 heteroatoms. The predicted molar refractivity (Wildman–Crippen MR) is 99.0 cm³/mol. The van der Waals surface area contributed by atoms with Crippen LogP contribution in [0.2, 0.25) is 0 Å². The van der Waals surface area contributed by atoms with Gasteiger partial charge in [-0.2, -0.15) is 0 Å². The van der Waals surface area contributed by atoms with Gasteiger partial charge in [-0.3, -0.25) is 9.79 Å². The molecule has 0 atom stereocenters. The molecule has 23 heavy (non-hydrogen) atoms. The number of benzene rings is 2. The van der Waals surface area contributed by atoms with E-state index < -0.39 is 0 Å². The molecule has 0 bridgehead atoms. The van der Waals surface area contributed by atoms with E-state index in [9.17, 15) is 4.79 Å². The monoisotopic (exact) mass is 322 g/mol. The molecule has 0 saturated carbocycles. The fraction of sp³-hybridized carbons (Fsp3) is 0.263. The molecular weight excluding hydrogens is 304 g/mol. The van der Waals surface area contributed by atoms with Crippen molar-refractivity contribution in [2.45, 2.75) is 19.8 Å². The Kier molecular flexibility index (Phi) is 3.62. The van der Waals surface area contributed by atoms with E-state index in [2.05, 4.69) is 41.5 Å². The molecule has 0 fully saturated rings. The molecule has 4 rings (SSSR count). The molecule has 1 N–H and O–H groups in total. The number of aryl methyl sites for hydroxylation is 1. The average Bonchev–Trinajstić information content (AvgIpc) is 3.10. The minimum absolute atomic E-state index is 0.138. The fourth-order valence-corrected chi connectivity index (χ4v) is 4.18. The molecule has 2 heterocycles. The normalized spacial score (nSPS) is 14.2. The Morgan fingerprint density at radius 2 is 2.04 bits per heavy atom. The molecule has 0 unspecified atom stereocenters. The molecule has 3 aromatic rings. The van der Waals surface area contributed by atoms with Crippen LogP contribution in [0.25, 0.3) is 20.2 Å². The fourth-order valence-electron chi connectivity index (χ4n) is 3.08. The first-order valence-corrected chi connectivity index (χ1v) is 8.86. The molecule has 0 amide bonds. The Bertz CT molecular complexity index is 988. The number of hydrogen-bond acceptors (Lipinski definition) is 4. The van der Waals surface area contributed by atoms with Gasteiger partial charge in [0.15, 0.2) is 5.43 Å². The van der Waals surface area contributed by atoms with Crippen LogP contribution in [0, 0.1) is 0 Å². The first kappa shape index (κ1) is 14.4. The Balaban J connectivity index is 1.92. The van der Waals surface area contributed by atoms with Crippen LogP contribution in [0.5, 0.6) is 0 Å². The van der Waals surface area contributed by atoms with Gasteiger partial charge in [0, 0.05) is 32.3 Å². The van der Waals surface area contributed by atoms with Gasteiger partial charge >= 0.3 is 0 Å². The summed E-state index contributed by atoms with van der Waals surface area (Å²) in [5.74, 6) is 0.935. The van der Waals surface area contributed by atoms with Crippen molar-refractivity contribution in [2.24, 2.45) is 4.99 Å². The maximum atomic E-state index is 12.8. The third-order valence-corrected chi connectivity index (χ3v) is 5.35. The Labute approximate surface area is 138 Å². The van der Waals surface area contributed by atoms with Crippen LogP contribution in [0.3, 0.4) is 0 Å². The zero-order chi connectivity index (χ0) is 15.8. The summed E-state index contributed by atoms with van der Waals surface area (Å²) in [6.07, 6.45) is 2.11. The second-order valence-corrected chi connectivity index (χ2v) is 6.96. The Morgan fingerprint density at radius 3 is 2.83 bits per heavy atom. The van der Waals surface area contributed by atoms with Gasteiger partial charge in [0.1, 0.15) is 5.84 Å². The summed E-state index contributed by atoms with van der Waals surface area (Å²) in [6.45, 7) is 3.87. The van der Waals surface area contributed by atoms with Crippen LogP contribution >= 0.6 is 11.3 Å². The number of fused-ring (bicyclic) bond motifs is 2. The highest BCUT2D eigenvalue weighted by molar-refractivity contribution is 7.24. The molecule has 1 aliphatic rings. The number of nitrogens with zero attached hydrogens (tertiary/aromatic N) is 1. The number of amidine groups is 1. The first-order valence-electron chi connectivity index (χ1n) is 8.04. The van der Waals surface area contributed by atoms with Crippen molar-refractivity contribution in [3.63, 3.8) is 0 Å². The predicted octanol–water partition coefficient (Wildman–Crippen LogP) is 3.72. The van der Waals surface area contributed by atoms with E-state index in [0.717, 1.165) is 57.5 Å². The van der Waals surface area contributed by atoms with Crippen molar-refractivity contribution in [2.75, 3.05) is 13.1 Å². The van der Waals surface area contributed by atoms with Crippen molar-refractivity contribution in [3.05, 3.63) is 57.7 Å². The minimum atomic E-state index is 0.138. The standard InChI is InChI=1S/C19H18N2OS/c1-2-3-12-4-7-16-15(10-12)18(22)14-6-5-13(11-17(14)23-16)19-20-8-9-21-19/h4-7,10-11H,2-3,8-9H2,1H3,(H,20,21). The van der Waals surface area contributed by atoms with Crippen LogP contribution in [0.1, 0.15) is 24.5 Å². The van der Waals surface area contributed by atoms with Crippen LogP contribution in [-0.2, 0) is 6.42 Å². The summed E-state index contributed by atoms with van der Waals surface area (Å²) in [5.41, 5.74) is 2.44. The lowest BCUT2D eigenvalue weighted by atomic mass is 10.1. The molecule has 2 aromatic carbocycles. The summed E-state index contributed by atoms with van der Waals surface area (Å²) < 4.78 is 2.08. The number of hydrogen-bond donors (Lipinski definition) is 1. The third-order valence-electron chi connectivity index (χ3n) is 4.22. The van der Waals surface area contributed by atoms with Gasteiger partial charge in [-0.05, 0) is 36.2 Å². The van der Waals surface area contributed by atoms with Crippen molar-refractivity contribution in [3.8, 4) is 0 Å². The van der Waals surface area contributed by atoms with Crippen molar-refractivity contribution < 1.29 is 0 Å². The lowest BCUT2D eigenvalue weighted by Gasteiger charge is -2.06. The third kappa shape index (κ3) is 2.53. The minimum Gasteiger partial charge on any atom is -0.368 e. The van der Waals surface area contributed by atoms with Crippen LogP contribution in [0.4, 0.5) is 0 Å². The maximum Gasteiger partial charge on any atom is 0.195 e. The second-order valence-electron chi connectivity index (χ2n) is 5.88. The SMILES string of the molecule is CCCc1ccc2sc3cc(C4=NCCN4)ccc3c(=O)c2c1. The van der Waals surface area contributed by atoms with Crippen molar-refractivity contribution >= 4 is 37.3 Å². The van der Waals surface area contributed by atoms with E-state index in [1.54, 1.807) is 11.3 Å². The van der Waals surface area contributed by atoms with Crippen LogP contribution in [-0.4, -0.2) is 18.9 Å². The lowest BCUT2D eigenvalue weighted by Crippen LogP contribution is -2.19. The highest BCUT2D eigenvalue weighted by Gasteiger charge is 2.11. The molecule has 3 nitrogen and oxygen atoms in total. The van der Waals surface area contributed by atoms with Gasteiger partial charge in [-0.1, -0.05) is 25.5 Å². The number of nitrogens with one attached hydrogen (secondary N) is 1. The molecule has 116 valence electrons. The summed E-state index contributed by atoms with van der Waals surface area (Å²) in [6, 6.07) is 12.3. The molecule has 0 radical (unpaired) electrons. The molecule has 1 aliphatic heterocycles. The van der Waals surface area contributed by atoms with E-state index in [4.69, 9.17) is 0 Å². The topological polar surface area (TPSA) is 41.5 Å². The molecule has 0 aliphatic carbocycles. The summed E-state index contributed by atoms with van der Waals surface area (Å²) in [4.78, 5) is 17.3. The Morgan fingerprint density at radius 1 is 1.13 bits per heavy atom. The smallest absolute Gasteiger partial charge is 0.195 e. The summed E-state index contributed by atoms with van der Waals surface area (Å²) >= 11 is 1.68. The van der Waals surface area contributed by atoms with E-state index in [1.807, 2.05) is 12.1 Å². The zero-order valence-corrected chi connectivity index (χ0v) is 13.9. The van der Waals surface area contributed by atoms with Crippen LogP contribution in [0.15, 0.2) is 46.2 Å². The second kappa shape index (κ2) is 5.78. The van der Waals surface area contributed by atoms with E-state index in [0.29, 0.717) is 0 Å². The maximum absolute atomic E-state index is 12.8. The van der Waals surface area contributed by atoms with Crippen molar-refractivity contribution in [1.29, 1.82) is 0 Å². The summed E-state index contributed by atoms with van der Waals surface area (Å²) in [5, 5.41) is 4.94. The number of rotatable bonds is 3. The quantitative estimate of drug-likeness (QED) is 0.747. The van der Waals surface area contributed by atoms with Gasteiger partial charge in [-0.25, -0.2) is 0 Å². The highest BCUT2D eigenvalue weighted by atomic mass is 32.1. The molecule has 0 saturated heterocycles. The molecule has 1 aromatic heterocycles. The van der Waals surface area contributed by atoms with E-state index >= 15 is 0 Å². The van der Waals surface area contributed by atoms with Crippen molar-refractivity contribution in [1.82, 2.24) is 5.32 Å². The van der Waals surface area contributed by atoms with Gasteiger partial charge in [0.2, 0.25) is 0 Å². The van der Waals surface area contributed by atoms with Gasteiger partial charge in [0.05, 0.1) is 6.54 Å². The van der Waals surface area contributed by atoms with E-state index in [1.165, 1.54) is 5.56 Å². The van der Waals surface area contributed by atoms with Gasteiger partial charge < -0.3 is 5.32 Å². The van der Waals surface area contributed by atoms with Gasteiger partial charge in [0.25, 0.3) is 0 Å². The Hall–Kier alpha value is -2.20. The highest BCUT2D eigenvalue weighted by Crippen LogP contribution is 2.26. The number of aliphatic imine (C=N–C) groups is 1. The zero-order valence-electron chi connectivity index (χ0n) is 13.1. The molecule has 0 spiro atoms. The van der Waals surface area contributed by atoms with Crippen LogP contribution < -0.4 is 10.7 Å². The average molecular weight is 322 g/mol. The lowest BCUT2D eigenvalue weighted by molar-refractivity contribution is 0.924. The van der Waals surface area contributed by atoms with Gasteiger partial charge in [-0.15, -0.1) is 11.3 Å². The first-order chi connectivity index (χ1) is 11.3. The summed E-state index contributed by atoms with van der Waals surface area (Å²) in [7, 11) is 0. The molecular formula is C19H18N2OS.